The summed E-state index contributed by atoms with van der Waals surface area (Å²) in [6, 6.07) is 10.5. The van der Waals surface area contributed by atoms with E-state index in [0.717, 1.165) is 18.4 Å². The van der Waals surface area contributed by atoms with Gasteiger partial charge in [0.25, 0.3) is 10.0 Å². The number of sulfonamides is 1. The van der Waals surface area contributed by atoms with Gasteiger partial charge in [0.1, 0.15) is 18.0 Å². The molecule has 1 atom stereocenters. The lowest BCUT2D eigenvalue weighted by molar-refractivity contribution is 0.0681. The third-order valence-corrected chi connectivity index (χ3v) is 5.36. The topological polar surface area (TPSA) is 64.6 Å². The van der Waals surface area contributed by atoms with Crippen LogP contribution in [-0.2, 0) is 14.8 Å². The molecule has 1 unspecified atom stereocenters. The highest BCUT2D eigenvalue weighted by Gasteiger charge is 2.21. The molecular formula is C18H20FNO4S. The maximum Gasteiger partial charge on any atom is 0.262 e. The Balaban J connectivity index is 1.82. The Kier molecular flexibility index (Phi) is 5.24. The number of rotatable bonds is 6. The third kappa shape index (κ3) is 4.29. The summed E-state index contributed by atoms with van der Waals surface area (Å²) in [6.45, 7) is 2.80. The number of ether oxygens (including phenoxy) is 2. The average molecular weight is 365 g/mol. The fourth-order valence-electron chi connectivity index (χ4n) is 2.59. The van der Waals surface area contributed by atoms with Crippen molar-refractivity contribution in [2.75, 3.05) is 17.9 Å². The van der Waals surface area contributed by atoms with Crippen molar-refractivity contribution in [3.8, 4) is 5.75 Å². The van der Waals surface area contributed by atoms with Crippen LogP contribution in [0.1, 0.15) is 18.4 Å². The number of halogens is 1. The lowest BCUT2D eigenvalue weighted by Crippen LogP contribution is -2.19. The fraction of sp³-hybridized carbons (Fsp3) is 0.333. The first-order chi connectivity index (χ1) is 12.0. The zero-order valence-electron chi connectivity index (χ0n) is 13.9. The molecule has 2 aromatic rings. The van der Waals surface area contributed by atoms with Crippen LogP contribution in [-0.4, -0.2) is 27.7 Å². The number of nitrogens with one attached hydrogen (secondary N) is 1. The number of hydrogen-bond acceptors (Lipinski definition) is 4. The zero-order chi connectivity index (χ0) is 17.9. The molecule has 0 radical (unpaired) electrons. The van der Waals surface area contributed by atoms with Crippen LogP contribution < -0.4 is 9.46 Å². The molecule has 1 saturated heterocycles. The Morgan fingerprint density at radius 3 is 2.68 bits per heavy atom. The van der Waals surface area contributed by atoms with Gasteiger partial charge in [-0.25, -0.2) is 12.8 Å². The van der Waals surface area contributed by atoms with Gasteiger partial charge in [0.05, 0.1) is 11.0 Å². The van der Waals surface area contributed by atoms with Crippen LogP contribution in [0.4, 0.5) is 10.1 Å². The summed E-state index contributed by atoms with van der Waals surface area (Å²) in [7, 11) is -3.91. The summed E-state index contributed by atoms with van der Waals surface area (Å²) in [6.07, 6.45) is 1.79. The molecule has 1 aliphatic rings. The second kappa shape index (κ2) is 7.41. The fourth-order valence-corrected chi connectivity index (χ4v) is 3.67. The minimum Gasteiger partial charge on any atom is -0.489 e. The van der Waals surface area contributed by atoms with Gasteiger partial charge in [-0.05, 0) is 44.0 Å². The molecule has 1 aliphatic heterocycles. The summed E-state index contributed by atoms with van der Waals surface area (Å²) in [5.41, 5.74) is 0.742. The normalized spacial score (nSPS) is 17.4. The standard InChI is InChI=1S/C18H20FNO4S/c1-13-7-9-15(10-8-13)25(21,22)20-18-16(19)5-2-6-17(18)24-12-14-4-3-11-23-14/h2,5-10,14,20H,3-4,11-12H2,1H3. The van der Waals surface area contributed by atoms with Crippen molar-refractivity contribution in [3.63, 3.8) is 0 Å². The monoisotopic (exact) mass is 365 g/mol. The van der Waals surface area contributed by atoms with Gasteiger partial charge in [-0.15, -0.1) is 0 Å². The Labute approximate surface area is 146 Å². The third-order valence-electron chi connectivity index (χ3n) is 3.99. The van der Waals surface area contributed by atoms with E-state index in [4.69, 9.17) is 9.47 Å². The lowest BCUT2D eigenvalue weighted by atomic mass is 10.2. The van der Waals surface area contributed by atoms with Gasteiger partial charge in [0.15, 0.2) is 5.82 Å². The molecule has 134 valence electrons. The molecule has 1 fully saturated rings. The molecule has 1 heterocycles. The zero-order valence-corrected chi connectivity index (χ0v) is 14.7. The van der Waals surface area contributed by atoms with E-state index < -0.39 is 15.8 Å². The Morgan fingerprint density at radius 2 is 2.00 bits per heavy atom. The molecule has 7 heteroatoms. The molecule has 0 bridgehead atoms. The molecular weight excluding hydrogens is 345 g/mol. The summed E-state index contributed by atoms with van der Waals surface area (Å²) in [5.74, 6) is -0.549. The second-order valence-corrected chi connectivity index (χ2v) is 7.66. The van der Waals surface area contributed by atoms with Gasteiger partial charge in [0.2, 0.25) is 0 Å². The molecule has 1 N–H and O–H groups in total. The molecule has 0 amide bonds. The first kappa shape index (κ1) is 17.7. The van der Waals surface area contributed by atoms with Gasteiger partial charge in [-0.1, -0.05) is 23.8 Å². The first-order valence-corrected chi connectivity index (χ1v) is 9.56. The number of aryl methyl sites for hydroxylation is 1. The van der Waals surface area contributed by atoms with E-state index in [2.05, 4.69) is 4.72 Å². The van der Waals surface area contributed by atoms with Crippen molar-refractivity contribution >= 4 is 15.7 Å². The Morgan fingerprint density at radius 1 is 1.24 bits per heavy atom. The van der Waals surface area contributed by atoms with E-state index in [1.54, 1.807) is 12.1 Å². The van der Waals surface area contributed by atoms with E-state index in [1.165, 1.54) is 30.3 Å². The maximum atomic E-state index is 14.2. The molecule has 25 heavy (non-hydrogen) atoms. The van der Waals surface area contributed by atoms with Crippen LogP contribution in [0.2, 0.25) is 0 Å². The largest absolute Gasteiger partial charge is 0.489 e. The summed E-state index contributed by atoms with van der Waals surface area (Å²) >= 11 is 0. The number of hydrogen-bond donors (Lipinski definition) is 1. The minimum absolute atomic E-state index is 0.0511. The molecule has 0 spiro atoms. The van der Waals surface area contributed by atoms with E-state index >= 15 is 0 Å². The number of anilines is 1. The predicted molar refractivity (Wildman–Crippen MR) is 92.9 cm³/mol. The van der Waals surface area contributed by atoms with Gasteiger partial charge in [0, 0.05) is 6.61 Å². The smallest absolute Gasteiger partial charge is 0.262 e. The maximum absolute atomic E-state index is 14.2. The van der Waals surface area contributed by atoms with E-state index in [9.17, 15) is 12.8 Å². The summed E-state index contributed by atoms with van der Waals surface area (Å²) < 4.78 is 52.6. The van der Waals surface area contributed by atoms with Crippen molar-refractivity contribution in [1.82, 2.24) is 0 Å². The molecule has 0 aliphatic carbocycles. The van der Waals surface area contributed by atoms with Crippen LogP contribution in [0.25, 0.3) is 0 Å². The van der Waals surface area contributed by atoms with Crippen LogP contribution in [0, 0.1) is 12.7 Å². The van der Waals surface area contributed by atoms with Gasteiger partial charge in [-0.3, -0.25) is 4.72 Å². The summed E-state index contributed by atoms with van der Waals surface area (Å²) in [4.78, 5) is 0.0615. The van der Waals surface area contributed by atoms with Crippen LogP contribution in [0.5, 0.6) is 5.75 Å². The molecule has 5 nitrogen and oxygen atoms in total. The van der Waals surface area contributed by atoms with Crippen molar-refractivity contribution in [2.45, 2.75) is 30.8 Å². The Bertz CT molecular complexity index is 831. The molecule has 0 aromatic heterocycles. The molecule has 0 saturated carbocycles. The highest BCUT2D eigenvalue weighted by Crippen LogP contribution is 2.30. The van der Waals surface area contributed by atoms with Crippen molar-refractivity contribution in [2.24, 2.45) is 0 Å². The number of para-hydroxylation sites is 1. The second-order valence-electron chi connectivity index (χ2n) is 5.98. The lowest BCUT2D eigenvalue weighted by Gasteiger charge is -2.16. The van der Waals surface area contributed by atoms with Gasteiger partial charge in [-0.2, -0.15) is 0 Å². The predicted octanol–water partition coefficient (Wildman–Crippen LogP) is 3.49. The SMILES string of the molecule is Cc1ccc(S(=O)(=O)Nc2c(F)cccc2OCC2CCCO2)cc1. The van der Waals surface area contributed by atoms with Crippen LogP contribution >= 0.6 is 0 Å². The number of benzene rings is 2. The molecule has 3 rings (SSSR count). The van der Waals surface area contributed by atoms with Gasteiger partial charge >= 0.3 is 0 Å². The van der Waals surface area contributed by atoms with Crippen molar-refractivity contribution < 1.29 is 22.3 Å². The quantitative estimate of drug-likeness (QED) is 0.851. The first-order valence-electron chi connectivity index (χ1n) is 8.08. The van der Waals surface area contributed by atoms with Gasteiger partial charge < -0.3 is 9.47 Å². The summed E-state index contributed by atoms with van der Waals surface area (Å²) in [5, 5.41) is 0. The van der Waals surface area contributed by atoms with Crippen molar-refractivity contribution in [1.29, 1.82) is 0 Å². The van der Waals surface area contributed by atoms with E-state index in [-0.39, 0.29) is 29.0 Å². The highest BCUT2D eigenvalue weighted by atomic mass is 32.2. The molecule has 2 aromatic carbocycles. The van der Waals surface area contributed by atoms with E-state index in [0.29, 0.717) is 6.61 Å². The van der Waals surface area contributed by atoms with Crippen LogP contribution in [0.15, 0.2) is 47.4 Å². The Hall–Kier alpha value is -2.12. The van der Waals surface area contributed by atoms with Crippen LogP contribution in [0.3, 0.4) is 0 Å². The van der Waals surface area contributed by atoms with E-state index in [1.807, 2.05) is 6.92 Å². The van der Waals surface area contributed by atoms with Crippen molar-refractivity contribution in [3.05, 3.63) is 53.8 Å². The highest BCUT2D eigenvalue weighted by molar-refractivity contribution is 7.92. The minimum atomic E-state index is -3.91. The average Bonchev–Trinajstić information content (AvgIpc) is 3.09.